The number of aryl methyl sites for hydroxylation is 1. The number of benzene rings is 2. The highest BCUT2D eigenvalue weighted by Crippen LogP contribution is 2.24. The van der Waals surface area contributed by atoms with E-state index in [1.54, 1.807) is 42.5 Å². The molecule has 0 spiro atoms. The summed E-state index contributed by atoms with van der Waals surface area (Å²) in [7, 11) is 0. The van der Waals surface area contributed by atoms with Crippen molar-refractivity contribution in [1.29, 1.82) is 5.26 Å². The highest BCUT2D eigenvalue weighted by Gasteiger charge is 2.14. The lowest BCUT2D eigenvalue weighted by Crippen LogP contribution is -2.13. The number of nitrogens with one attached hydrogen (secondary N) is 1. The molecule has 2 aromatic carbocycles. The van der Waals surface area contributed by atoms with Crippen molar-refractivity contribution >= 4 is 23.5 Å². The van der Waals surface area contributed by atoms with E-state index in [0.717, 1.165) is 22.6 Å². The Morgan fingerprint density at radius 1 is 1.12 bits per heavy atom. The Kier molecular flexibility index (Phi) is 6.91. The van der Waals surface area contributed by atoms with Gasteiger partial charge in [0, 0.05) is 34.4 Å². The Labute approximate surface area is 187 Å². The van der Waals surface area contributed by atoms with Crippen LogP contribution >= 0.6 is 0 Å². The molecule has 1 heterocycles. The number of amides is 1. The first kappa shape index (κ1) is 22.6. The van der Waals surface area contributed by atoms with Gasteiger partial charge in [0.2, 0.25) is 0 Å². The van der Waals surface area contributed by atoms with Crippen molar-refractivity contribution in [2.24, 2.45) is 0 Å². The highest BCUT2D eigenvalue weighted by atomic mass is 16.5. The summed E-state index contributed by atoms with van der Waals surface area (Å²) >= 11 is 0. The van der Waals surface area contributed by atoms with Gasteiger partial charge in [-0.1, -0.05) is 6.07 Å². The molecule has 6 heteroatoms. The molecule has 1 N–H and O–H groups in total. The molecule has 0 fully saturated rings. The lowest BCUT2D eigenvalue weighted by molar-refractivity contribution is -0.112. The molecule has 0 atom stereocenters. The number of carbonyl (C=O) groups is 2. The molecule has 0 radical (unpaired) electrons. The highest BCUT2D eigenvalue weighted by molar-refractivity contribution is 6.09. The number of rotatable bonds is 7. The SMILES string of the molecule is CCOc1cccc(NC(=O)C(C#N)=Cc2cc(C)n(-c3ccc(C(C)=O)cc3)c2C)c1. The van der Waals surface area contributed by atoms with Crippen LogP contribution in [-0.2, 0) is 4.79 Å². The normalized spacial score (nSPS) is 11.0. The fraction of sp³-hybridized carbons (Fsp3) is 0.192. The zero-order chi connectivity index (χ0) is 23.3. The van der Waals surface area contributed by atoms with E-state index in [1.807, 2.05) is 49.6 Å². The van der Waals surface area contributed by atoms with Gasteiger partial charge in [-0.25, -0.2) is 0 Å². The Hall–Kier alpha value is -4.11. The average molecular weight is 428 g/mol. The number of anilines is 1. The molecule has 0 saturated heterocycles. The second kappa shape index (κ2) is 9.80. The van der Waals surface area contributed by atoms with Crippen LogP contribution in [0.2, 0.25) is 0 Å². The fourth-order valence-electron chi connectivity index (χ4n) is 3.51. The predicted octanol–water partition coefficient (Wildman–Crippen LogP) is 5.24. The predicted molar refractivity (Wildman–Crippen MR) is 125 cm³/mol. The number of hydrogen-bond acceptors (Lipinski definition) is 4. The van der Waals surface area contributed by atoms with Crippen molar-refractivity contribution < 1.29 is 14.3 Å². The van der Waals surface area contributed by atoms with Crippen LogP contribution in [0.3, 0.4) is 0 Å². The molecule has 0 unspecified atom stereocenters. The van der Waals surface area contributed by atoms with E-state index < -0.39 is 5.91 Å². The molecule has 0 aliphatic heterocycles. The third kappa shape index (κ3) is 4.96. The van der Waals surface area contributed by atoms with E-state index in [-0.39, 0.29) is 11.4 Å². The molecular formula is C26H25N3O3. The smallest absolute Gasteiger partial charge is 0.266 e. The molecule has 6 nitrogen and oxygen atoms in total. The largest absolute Gasteiger partial charge is 0.494 e. The van der Waals surface area contributed by atoms with E-state index >= 15 is 0 Å². The number of aromatic nitrogens is 1. The number of ether oxygens (including phenoxy) is 1. The topological polar surface area (TPSA) is 84.1 Å². The molecule has 0 aliphatic rings. The van der Waals surface area contributed by atoms with Gasteiger partial charge in [-0.3, -0.25) is 9.59 Å². The zero-order valence-electron chi connectivity index (χ0n) is 18.6. The van der Waals surface area contributed by atoms with Crippen LogP contribution in [0.4, 0.5) is 5.69 Å². The second-order valence-electron chi connectivity index (χ2n) is 7.35. The Morgan fingerprint density at radius 3 is 2.47 bits per heavy atom. The van der Waals surface area contributed by atoms with Crippen LogP contribution in [0.15, 0.2) is 60.2 Å². The molecule has 0 saturated carbocycles. The number of Topliss-reactive ketones (excluding diaryl/α,β-unsaturated/α-hetero) is 1. The Balaban J connectivity index is 1.88. The maximum atomic E-state index is 12.7. The average Bonchev–Trinajstić information content (AvgIpc) is 3.05. The minimum atomic E-state index is -0.489. The monoisotopic (exact) mass is 427 g/mol. The summed E-state index contributed by atoms with van der Waals surface area (Å²) in [6.45, 7) is 7.82. The molecule has 1 amide bonds. The van der Waals surface area contributed by atoms with Crippen LogP contribution in [0.1, 0.15) is 41.2 Å². The van der Waals surface area contributed by atoms with Crippen molar-refractivity contribution in [2.45, 2.75) is 27.7 Å². The molecule has 0 aliphatic carbocycles. The van der Waals surface area contributed by atoms with Gasteiger partial charge in [-0.05, 0) is 81.8 Å². The van der Waals surface area contributed by atoms with Crippen molar-refractivity contribution in [2.75, 3.05) is 11.9 Å². The first-order chi connectivity index (χ1) is 15.3. The number of hydrogen-bond donors (Lipinski definition) is 1. The van der Waals surface area contributed by atoms with Gasteiger partial charge in [0.1, 0.15) is 17.4 Å². The maximum Gasteiger partial charge on any atom is 0.266 e. The first-order valence-corrected chi connectivity index (χ1v) is 10.3. The summed E-state index contributed by atoms with van der Waals surface area (Å²) in [5.74, 6) is 0.168. The number of ketones is 1. The summed E-state index contributed by atoms with van der Waals surface area (Å²) in [6.07, 6.45) is 1.59. The molecular weight excluding hydrogens is 402 g/mol. The van der Waals surface area contributed by atoms with Crippen LogP contribution < -0.4 is 10.1 Å². The van der Waals surface area contributed by atoms with E-state index in [9.17, 15) is 14.9 Å². The molecule has 3 rings (SSSR count). The Bertz CT molecular complexity index is 1230. The summed E-state index contributed by atoms with van der Waals surface area (Å²) < 4.78 is 7.47. The van der Waals surface area contributed by atoms with Gasteiger partial charge >= 0.3 is 0 Å². The summed E-state index contributed by atoms with van der Waals surface area (Å²) in [6, 6.07) is 18.3. The third-order valence-electron chi connectivity index (χ3n) is 5.07. The third-order valence-corrected chi connectivity index (χ3v) is 5.07. The molecule has 32 heavy (non-hydrogen) atoms. The summed E-state index contributed by atoms with van der Waals surface area (Å²) in [5, 5.41) is 12.4. The zero-order valence-corrected chi connectivity index (χ0v) is 18.6. The van der Waals surface area contributed by atoms with Gasteiger partial charge in [-0.2, -0.15) is 5.26 Å². The molecule has 162 valence electrons. The van der Waals surface area contributed by atoms with Crippen LogP contribution in [0, 0.1) is 25.2 Å². The minimum absolute atomic E-state index is 0.000935. The number of nitrogens with zero attached hydrogens (tertiary/aromatic N) is 2. The lowest BCUT2D eigenvalue weighted by atomic mass is 10.1. The van der Waals surface area contributed by atoms with Gasteiger partial charge in [-0.15, -0.1) is 0 Å². The van der Waals surface area contributed by atoms with E-state index in [0.29, 0.717) is 23.6 Å². The Morgan fingerprint density at radius 2 is 1.84 bits per heavy atom. The molecule has 3 aromatic rings. The van der Waals surface area contributed by atoms with Crippen LogP contribution in [0.25, 0.3) is 11.8 Å². The van der Waals surface area contributed by atoms with Gasteiger partial charge in [0.05, 0.1) is 6.61 Å². The van der Waals surface area contributed by atoms with Crippen molar-refractivity contribution in [3.05, 3.63) is 82.7 Å². The van der Waals surface area contributed by atoms with Gasteiger partial charge in [0.25, 0.3) is 5.91 Å². The van der Waals surface area contributed by atoms with E-state index in [1.165, 1.54) is 6.92 Å². The summed E-state index contributed by atoms with van der Waals surface area (Å²) in [5.41, 5.74) is 4.71. The van der Waals surface area contributed by atoms with Crippen LogP contribution in [-0.4, -0.2) is 22.9 Å². The summed E-state index contributed by atoms with van der Waals surface area (Å²) in [4.78, 5) is 24.3. The van der Waals surface area contributed by atoms with E-state index in [4.69, 9.17) is 4.74 Å². The fourth-order valence-corrected chi connectivity index (χ4v) is 3.51. The minimum Gasteiger partial charge on any atom is -0.494 e. The lowest BCUT2D eigenvalue weighted by Gasteiger charge is -2.10. The maximum absolute atomic E-state index is 12.7. The number of carbonyl (C=O) groups excluding carboxylic acids is 2. The van der Waals surface area contributed by atoms with Gasteiger partial charge < -0.3 is 14.6 Å². The van der Waals surface area contributed by atoms with Crippen molar-refractivity contribution in [3.63, 3.8) is 0 Å². The standard InChI is InChI=1S/C26H25N3O3/c1-5-32-25-8-6-7-23(15-25)28-26(31)22(16-27)14-21-13-17(2)29(18(21)3)24-11-9-20(10-12-24)19(4)30/h6-15H,5H2,1-4H3,(H,28,31). The van der Waals surface area contributed by atoms with E-state index in [2.05, 4.69) is 5.32 Å². The van der Waals surface area contributed by atoms with Crippen molar-refractivity contribution in [3.8, 4) is 17.5 Å². The second-order valence-corrected chi connectivity index (χ2v) is 7.35. The first-order valence-electron chi connectivity index (χ1n) is 10.3. The van der Waals surface area contributed by atoms with Crippen LogP contribution in [0.5, 0.6) is 5.75 Å². The quantitative estimate of drug-likeness (QED) is 0.317. The molecule has 1 aromatic heterocycles. The van der Waals surface area contributed by atoms with Crippen molar-refractivity contribution in [1.82, 2.24) is 4.57 Å². The molecule has 0 bridgehead atoms. The number of nitriles is 1. The van der Waals surface area contributed by atoms with Gasteiger partial charge in [0.15, 0.2) is 5.78 Å².